The predicted octanol–water partition coefficient (Wildman–Crippen LogP) is 6.76. The zero-order valence-corrected chi connectivity index (χ0v) is 24.0. The van der Waals surface area contributed by atoms with E-state index in [1.54, 1.807) is 0 Å². The lowest BCUT2D eigenvalue weighted by atomic mass is 10.0. The average Bonchev–Trinajstić information content (AvgIpc) is 3.42. The summed E-state index contributed by atoms with van der Waals surface area (Å²) in [5.41, 5.74) is 4.74. The van der Waals surface area contributed by atoms with Gasteiger partial charge in [0, 0.05) is 81.1 Å². The number of fused-ring (bicyclic) bond motifs is 1. The fraction of sp³-hybridized carbons (Fsp3) is 0.382. The van der Waals surface area contributed by atoms with Crippen molar-refractivity contribution in [3.8, 4) is 0 Å². The molecule has 1 amide bonds. The molecule has 3 aromatic carbocycles. The maximum absolute atomic E-state index is 13.3. The van der Waals surface area contributed by atoms with Crippen LogP contribution in [0, 0.1) is 6.92 Å². The summed E-state index contributed by atoms with van der Waals surface area (Å²) in [7, 11) is 0. The lowest BCUT2D eigenvalue weighted by Crippen LogP contribution is -2.48. The van der Waals surface area contributed by atoms with Crippen molar-refractivity contribution >= 4 is 16.8 Å². The van der Waals surface area contributed by atoms with E-state index in [0.29, 0.717) is 44.3 Å². The molecule has 0 N–H and O–H groups in total. The molecule has 42 heavy (non-hydrogen) atoms. The van der Waals surface area contributed by atoms with E-state index in [1.165, 1.54) is 28.8 Å². The number of hydrogen-bond donors (Lipinski definition) is 0. The van der Waals surface area contributed by atoms with Crippen molar-refractivity contribution in [1.29, 1.82) is 0 Å². The van der Waals surface area contributed by atoms with E-state index in [-0.39, 0.29) is 5.91 Å². The van der Waals surface area contributed by atoms with Crippen molar-refractivity contribution in [3.63, 3.8) is 0 Å². The van der Waals surface area contributed by atoms with Gasteiger partial charge in [-0.2, -0.15) is 13.2 Å². The molecule has 0 spiro atoms. The van der Waals surface area contributed by atoms with Gasteiger partial charge < -0.3 is 9.47 Å². The molecule has 0 atom stereocenters. The number of alkyl halides is 3. The van der Waals surface area contributed by atoms with E-state index in [0.717, 1.165) is 55.6 Å². The molecule has 220 valence electrons. The van der Waals surface area contributed by atoms with E-state index >= 15 is 0 Å². The second-order valence-corrected chi connectivity index (χ2v) is 11.8. The molecule has 3 heterocycles. The van der Waals surface area contributed by atoms with Gasteiger partial charge in [0.25, 0.3) is 5.91 Å². The molecule has 2 aliphatic rings. The Hall–Kier alpha value is -3.62. The van der Waals surface area contributed by atoms with Gasteiger partial charge in [-0.1, -0.05) is 42.0 Å². The van der Waals surface area contributed by atoms with Crippen LogP contribution in [0.5, 0.6) is 0 Å². The molecule has 0 saturated carbocycles. The summed E-state index contributed by atoms with van der Waals surface area (Å²) in [6, 6.07) is 22.8. The number of amides is 1. The monoisotopic (exact) mass is 574 g/mol. The van der Waals surface area contributed by atoms with Gasteiger partial charge in [0.2, 0.25) is 0 Å². The van der Waals surface area contributed by atoms with Crippen molar-refractivity contribution in [2.24, 2.45) is 0 Å². The SMILES string of the molecule is Cc1ccc(CN2CCC(n3ccc4cc(C(=O)N5CCN(Cc6ccc(C(F)(F)F)cc6)CC5)ccc43)CC2)cc1. The Morgan fingerprint density at radius 3 is 1.98 bits per heavy atom. The number of piperidine rings is 1. The summed E-state index contributed by atoms with van der Waals surface area (Å²) in [6.07, 6.45) is 0.0510. The standard InChI is InChI=1S/C34H37F3N4O/c1-25-2-4-26(5-3-25)23-38-15-13-31(14-16-38)41-17-12-28-22-29(8-11-32(28)41)33(42)40-20-18-39(19-21-40)24-27-6-9-30(10-7-27)34(35,36)37/h2-12,17,22,31H,13-16,18-21,23-24H2,1H3. The number of piperazine rings is 1. The van der Waals surface area contributed by atoms with Gasteiger partial charge in [0.1, 0.15) is 0 Å². The Morgan fingerprint density at radius 1 is 0.762 bits per heavy atom. The van der Waals surface area contributed by atoms with Crippen LogP contribution in [0.2, 0.25) is 0 Å². The third-order valence-corrected chi connectivity index (χ3v) is 8.79. The van der Waals surface area contributed by atoms with E-state index in [4.69, 9.17) is 0 Å². The highest BCUT2D eigenvalue weighted by molar-refractivity contribution is 5.98. The number of likely N-dealkylation sites (tertiary alicyclic amines) is 1. The van der Waals surface area contributed by atoms with Crippen LogP contribution in [-0.2, 0) is 19.3 Å². The molecule has 0 bridgehead atoms. The highest BCUT2D eigenvalue weighted by Crippen LogP contribution is 2.30. The van der Waals surface area contributed by atoms with Gasteiger partial charge in [-0.15, -0.1) is 0 Å². The number of halogens is 3. The minimum atomic E-state index is -4.32. The Morgan fingerprint density at radius 2 is 1.36 bits per heavy atom. The molecule has 0 aliphatic carbocycles. The summed E-state index contributed by atoms with van der Waals surface area (Å²) in [5, 5.41) is 1.09. The van der Waals surface area contributed by atoms with Crippen molar-refractivity contribution in [3.05, 3.63) is 107 Å². The predicted molar refractivity (Wildman–Crippen MR) is 159 cm³/mol. The van der Waals surface area contributed by atoms with E-state index in [1.807, 2.05) is 17.0 Å². The molecule has 2 saturated heterocycles. The van der Waals surface area contributed by atoms with Gasteiger partial charge in [0.05, 0.1) is 5.56 Å². The Bertz CT molecular complexity index is 1510. The van der Waals surface area contributed by atoms with Gasteiger partial charge >= 0.3 is 6.18 Å². The molecule has 2 fully saturated rings. The fourth-order valence-electron chi connectivity index (χ4n) is 6.27. The number of hydrogen-bond acceptors (Lipinski definition) is 3. The number of benzene rings is 3. The van der Waals surface area contributed by atoms with Crippen molar-refractivity contribution < 1.29 is 18.0 Å². The summed E-state index contributed by atoms with van der Waals surface area (Å²) >= 11 is 0. The first-order chi connectivity index (χ1) is 20.2. The lowest BCUT2D eigenvalue weighted by molar-refractivity contribution is -0.137. The molecule has 1 aromatic heterocycles. The molecular weight excluding hydrogens is 537 g/mol. The zero-order valence-electron chi connectivity index (χ0n) is 24.0. The van der Waals surface area contributed by atoms with Gasteiger partial charge in [-0.3, -0.25) is 14.6 Å². The number of nitrogens with zero attached hydrogens (tertiary/aromatic N) is 4. The van der Waals surface area contributed by atoms with Crippen LogP contribution in [0.1, 0.15) is 51.5 Å². The number of aromatic nitrogens is 1. The third kappa shape index (κ3) is 6.40. The van der Waals surface area contributed by atoms with E-state index < -0.39 is 11.7 Å². The maximum Gasteiger partial charge on any atom is 0.416 e. The molecule has 2 aliphatic heterocycles. The summed E-state index contributed by atoms with van der Waals surface area (Å²) in [5.74, 6) is 0.0308. The minimum Gasteiger partial charge on any atom is -0.344 e. The van der Waals surface area contributed by atoms with Crippen LogP contribution in [0.4, 0.5) is 13.2 Å². The summed E-state index contributed by atoms with van der Waals surface area (Å²) < 4.78 is 40.9. The average molecular weight is 575 g/mol. The van der Waals surface area contributed by atoms with Gasteiger partial charge in [-0.25, -0.2) is 0 Å². The third-order valence-electron chi connectivity index (χ3n) is 8.79. The second kappa shape index (κ2) is 11.9. The Kier molecular flexibility index (Phi) is 8.10. The number of aryl methyl sites for hydroxylation is 1. The van der Waals surface area contributed by atoms with E-state index in [9.17, 15) is 18.0 Å². The van der Waals surface area contributed by atoms with Gasteiger partial charge in [0.15, 0.2) is 0 Å². The molecule has 8 heteroatoms. The van der Waals surface area contributed by atoms with Crippen LogP contribution < -0.4 is 0 Å². The smallest absolute Gasteiger partial charge is 0.344 e. The highest BCUT2D eigenvalue weighted by Gasteiger charge is 2.30. The van der Waals surface area contributed by atoms with Crippen molar-refractivity contribution in [2.45, 2.75) is 45.1 Å². The lowest BCUT2D eigenvalue weighted by Gasteiger charge is -2.35. The molecule has 6 rings (SSSR count). The second-order valence-electron chi connectivity index (χ2n) is 11.8. The largest absolute Gasteiger partial charge is 0.416 e. The van der Waals surface area contributed by atoms with Crippen LogP contribution in [-0.4, -0.2) is 64.4 Å². The number of rotatable bonds is 6. The molecular formula is C34H37F3N4O. The topological polar surface area (TPSA) is 31.7 Å². The first-order valence-electron chi connectivity index (χ1n) is 14.8. The maximum atomic E-state index is 13.3. The fourth-order valence-corrected chi connectivity index (χ4v) is 6.27. The number of carbonyl (C=O) groups is 1. The minimum absolute atomic E-state index is 0.0308. The zero-order chi connectivity index (χ0) is 29.3. The highest BCUT2D eigenvalue weighted by atomic mass is 19.4. The van der Waals surface area contributed by atoms with Crippen LogP contribution in [0.15, 0.2) is 79.0 Å². The first kappa shape index (κ1) is 28.5. The molecule has 0 radical (unpaired) electrons. The summed E-state index contributed by atoms with van der Waals surface area (Å²) in [4.78, 5) is 19.9. The summed E-state index contributed by atoms with van der Waals surface area (Å²) in [6.45, 7) is 8.40. The molecule has 0 unspecified atom stereocenters. The van der Waals surface area contributed by atoms with Crippen LogP contribution >= 0.6 is 0 Å². The Labute approximate surface area is 245 Å². The van der Waals surface area contributed by atoms with Crippen LogP contribution in [0.25, 0.3) is 10.9 Å². The molecule has 5 nitrogen and oxygen atoms in total. The molecule has 4 aromatic rings. The quantitative estimate of drug-likeness (QED) is 0.255. The van der Waals surface area contributed by atoms with Crippen molar-refractivity contribution in [2.75, 3.05) is 39.3 Å². The van der Waals surface area contributed by atoms with E-state index in [2.05, 4.69) is 63.9 Å². The first-order valence-corrected chi connectivity index (χ1v) is 14.8. The Balaban J connectivity index is 1.02. The van der Waals surface area contributed by atoms with Crippen molar-refractivity contribution in [1.82, 2.24) is 19.3 Å². The van der Waals surface area contributed by atoms with Crippen LogP contribution in [0.3, 0.4) is 0 Å². The number of carbonyl (C=O) groups excluding carboxylic acids is 1. The normalized spacial score (nSPS) is 17.7. The van der Waals surface area contributed by atoms with Gasteiger partial charge in [-0.05, 0) is 67.3 Å².